The van der Waals surface area contributed by atoms with Crippen LogP contribution >= 0.6 is 0 Å². The summed E-state index contributed by atoms with van der Waals surface area (Å²) < 4.78 is 18.7. The molecule has 4 aromatic carbocycles. The Morgan fingerprint density at radius 1 is 0.757 bits per heavy atom. The van der Waals surface area contributed by atoms with Gasteiger partial charge in [-0.2, -0.15) is 0 Å². The number of hydrogen-bond acceptors (Lipinski definition) is 4. The molecule has 1 aliphatic rings. The second-order valence-corrected chi connectivity index (χ2v) is 9.35. The molecule has 0 unspecified atom stereocenters. The number of aliphatic imine (C=N–C) groups is 1. The molecular formula is C33H33NO3. The quantitative estimate of drug-likeness (QED) is 0.227. The Balaban J connectivity index is 1.49. The van der Waals surface area contributed by atoms with Gasteiger partial charge in [-0.25, -0.2) is 4.99 Å². The molecule has 5 rings (SSSR count). The molecule has 0 N–H and O–H groups in total. The zero-order valence-corrected chi connectivity index (χ0v) is 21.6. The van der Waals surface area contributed by atoms with Gasteiger partial charge in [0.25, 0.3) is 0 Å². The van der Waals surface area contributed by atoms with Crippen molar-refractivity contribution in [1.82, 2.24) is 0 Å². The summed E-state index contributed by atoms with van der Waals surface area (Å²) in [6.45, 7) is 4.29. The van der Waals surface area contributed by atoms with E-state index in [4.69, 9.17) is 19.2 Å². The highest BCUT2D eigenvalue weighted by molar-refractivity contribution is 5.86. The Morgan fingerprint density at radius 2 is 1.24 bits per heavy atom. The van der Waals surface area contributed by atoms with Gasteiger partial charge in [0.1, 0.15) is 17.5 Å². The summed E-state index contributed by atoms with van der Waals surface area (Å²) >= 11 is 0. The average Bonchev–Trinajstić information content (AvgIpc) is 2.95. The summed E-state index contributed by atoms with van der Waals surface area (Å²) in [5.41, 5.74) is 3.32. The van der Waals surface area contributed by atoms with Gasteiger partial charge in [0, 0.05) is 0 Å². The minimum atomic E-state index is -0.784. The molecule has 0 spiro atoms. The zero-order chi connectivity index (χ0) is 25.7. The van der Waals surface area contributed by atoms with E-state index in [1.54, 1.807) is 7.11 Å². The molecule has 0 aromatic heterocycles. The van der Waals surface area contributed by atoms with Crippen LogP contribution in [-0.2, 0) is 15.1 Å². The van der Waals surface area contributed by atoms with Crippen LogP contribution in [0.25, 0.3) is 0 Å². The lowest BCUT2D eigenvalue weighted by molar-refractivity contribution is -0.123. The monoisotopic (exact) mass is 491 g/mol. The number of nitrogens with zero attached hydrogens (tertiary/aromatic N) is 1. The summed E-state index contributed by atoms with van der Waals surface area (Å²) in [7, 11) is 1.66. The van der Waals surface area contributed by atoms with E-state index in [0.717, 1.165) is 40.4 Å². The highest BCUT2D eigenvalue weighted by Crippen LogP contribution is 2.44. The predicted octanol–water partition coefficient (Wildman–Crippen LogP) is 7.55. The van der Waals surface area contributed by atoms with E-state index < -0.39 is 5.60 Å². The van der Waals surface area contributed by atoms with Crippen LogP contribution in [0.1, 0.15) is 37.0 Å². The first-order chi connectivity index (χ1) is 18.2. The van der Waals surface area contributed by atoms with Crippen LogP contribution < -0.4 is 4.74 Å². The van der Waals surface area contributed by atoms with Gasteiger partial charge < -0.3 is 14.2 Å². The van der Waals surface area contributed by atoms with Crippen LogP contribution in [0.3, 0.4) is 0 Å². The van der Waals surface area contributed by atoms with Gasteiger partial charge in [0.15, 0.2) is 5.90 Å². The van der Waals surface area contributed by atoms with E-state index in [9.17, 15) is 0 Å². The van der Waals surface area contributed by atoms with Crippen molar-refractivity contribution >= 4 is 11.6 Å². The number of rotatable bonds is 9. The first-order valence-electron chi connectivity index (χ1n) is 12.9. The smallest absolute Gasteiger partial charge is 0.195 e. The zero-order valence-electron chi connectivity index (χ0n) is 21.6. The molecule has 4 aromatic rings. The van der Waals surface area contributed by atoms with Crippen LogP contribution in [0.2, 0.25) is 0 Å². The van der Waals surface area contributed by atoms with E-state index in [1.165, 1.54) is 0 Å². The molecule has 3 atom stereocenters. The third-order valence-electron chi connectivity index (χ3n) is 7.09. The van der Waals surface area contributed by atoms with Gasteiger partial charge in [-0.1, -0.05) is 97.9 Å². The molecule has 0 saturated carbocycles. The van der Waals surface area contributed by atoms with E-state index in [-0.39, 0.29) is 18.1 Å². The standard InChI is InChI=1S/C33H33NO3/c1-4-30-31(36-32(30)34-28-20-22-29(35-3)23-21-28)24(2)37-33(25-14-8-5-9-15-25,26-16-10-6-11-17-26)27-18-12-7-13-19-27/h5-24,30-31H,4H2,1-3H3/t24-,30-,31+/m0/s1. The maximum absolute atomic E-state index is 7.16. The number of hydrogen-bond donors (Lipinski definition) is 0. The largest absolute Gasteiger partial charge is 0.497 e. The van der Waals surface area contributed by atoms with Crippen molar-refractivity contribution in [3.05, 3.63) is 132 Å². The van der Waals surface area contributed by atoms with Crippen LogP contribution in [0.4, 0.5) is 5.69 Å². The van der Waals surface area contributed by atoms with Crippen LogP contribution in [0.15, 0.2) is 120 Å². The summed E-state index contributed by atoms with van der Waals surface area (Å²) in [6.07, 6.45) is 0.625. The van der Waals surface area contributed by atoms with Crippen molar-refractivity contribution in [1.29, 1.82) is 0 Å². The molecule has 37 heavy (non-hydrogen) atoms. The van der Waals surface area contributed by atoms with E-state index in [2.05, 4.69) is 86.6 Å². The lowest BCUT2D eigenvalue weighted by atomic mass is 9.79. The van der Waals surface area contributed by atoms with Crippen molar-refractivity contribution < 1.29 is 14.2 Å². The summed E-state index contributed by atoms with van der Waals surface area (Å²) in [6, 6.07) is 39.1. The molecule has 1 fully saturated rings. The molecule has 4 heteroatoms. The van der Waals surface area contributed by atoms with Crippen molar-refractivity contribution in [2.45, 2.75) is 38.1 Å². The van der Waals surface area contributed by atoms with Crippen LogP contribution in [-0.4, -0.2) is 25.2 Å². The van der Waals surface area contributed by atoms with Gasteiger partial charge in [0.05, 0.1) is 24.8 Å². The lowest BCUT2D eigenvalue weighted by Crippen LogP contribution is -2.53. The maximum Gasteiger partial charge on any atom is 0.195 e. The number of methoxy groups -OCH3 is 1. The molecule has 0 bridgehead atoms. The second kappa shape index (κ2) is 11.0. The van der Waals surface area contributed by atoms with Crippen molar-refractivity contribution in [3.8, 4) is 5.75 Å². The van der Waals surface area contributed by atoms with Gasteiger partial charge >= 0.3 is 0 Å². The number of benzene rings is 4. The van der Waals surface area contributed by atoms with Gasteiger partial charge in [-0.3, -0.25) is 0 Å². The Bertz CT molecular complexity index is 1210. The molecule has 0 radical (unpaired) electrons. The SMILES string of the molecule is CC[C@@H]1C(=Nc2ccc(OC)cc2)O[C@@H]1[C@H](C)OC(c1ccccc1)(c1ccccc1)c1ccccc1. The third kappa shape index (κ3) is 4.90. The molecule has 1 saturated heterocycles. The minimum absolute atomic E-state index is 0.0995. The van der Waals surface area contributed by atoms with E-state index in [0.29, 0.717) is 0 Å². The third-order valence-corrected chi connectivity index (χ3v) is 7.09. The highest BCUT2D eigenvalue weighted by atomic mass is 16.6. The van der Waals surface area contributed by atoms with Crippen LogP contribution in [0, 0.1) is 5.92 Å². The molecule has 0 aliphatic carbocycles. The molecule has 1 aliphatic heterocycles. The summed E-state index contributed by atoms with van der Waals surface area (Å²) in [5.74, 6) is 1.75. The fourth-order valence-electron chi connectivity index (χ4n) is 5.17. The molecule has 4 nitrogen and oxygen atoms in total. The molecule has 1 heterocycles. The topological polar surface area (TPSA) is 40.0 Å². The average molecular weight is 492 g/mol. The summed E-state index contributed by atoms with van der Waals surface area (Å²) in [5, 5.41) is 0. The van der Waals surface area contributed by atoms with E-state index in [1.807, 2.05) is 42.5 Å². The van der Waals surface area contributed by atoms with Crippen molar-refractivity contribution in [2.24, 2.45) is 10.9 Å². The van der Waals surface area contributed by atoms with E-state index >= 15 is 0 Å². The van der Waals surface area contributed by atoms with Crippen molar-refractivity contribution in [3.63, 3.8) is 0 Å². The van der Waals surface area contributed by atoms with Crippen LogP contribution in [0.5, 0.6) is 5.75 Å². The number of ether oxygens (including phenoxy) is 3. The summed E-state index contributed by atoms with van der Waals surface area (Å²) in [4.78, 5) is 4.78. The molecular weight excluding hydrogens is 458 g/mol. The fraction of sp³-hybridized carbons (Fsp3) is 0.242. The fourth-order valence-corrected chi connectivity index (χ4v) is 5.17. The Labute approximate surface area is 219 Å². The van der Waals surface area contributed by atoms with Gasteiger partial charge in [0.2, 0.25) is 0 Å². The van der Waals surface area contributed by atoms with Gasteiger partial charge in [-0.05, 0) is 54.3 Å². The lowest BCUT2D eigenvalue weighted by Gasteiger charge is -2.45. The predicted molar refractivity (Wildman–Crippen MR) is 148 cm³/mol. The Hall–Kier alpha value is -3.89. The Kier molecular flexibility index (Phi) is 7.38. The molecule has 0 amide bonds. The second-order valence-electron chi connectivity index (χ2n) is 9.35. The minimum Gasteiger partial charge on any atom is -0.497 e. The highest BCUT2D eigenvalue weighted by Gasteiger charge is 2.47. The normalized spacial score (nSPS) is 19.1. The first kappa shape index (κ1) is 24.8. The maximum atomic E-state index is 7.16. The Morgan fingerprint density at radius 3 is 1.68 bits per heavy atom. The van der Waals surface area contributed by atoms with Gasteiger partial charge in [-0.15, -0.1) is 0 Å². The first-order valence-corrected chi connectivity index (χ1v) is 12.9. The van der Waals surface area contributed by atoms with Crippen molar-refractivity contribution in [2.75, 3.05) is 7.11 Å². The molecule has 188 valence electrons.